The molecule has 2 aromatic rings. The molecule has 1 aliphatic carbocycles. The third-order valence-electron chi connectivity index (χ3n) is 3.39. The first kappa shape index (κ1) is 14.3. The summed E-state index contributed by atoms with van der Waals surface area (Å²) in [5.74, 6) is 1.81. The van der Waals surface area contributed by atoms with Crippen LogP contribution in [0.15, 0.2) is 30.3 Å². The van der Waals surface area contributed by atoms with Gasteiger partial charge in [0.15, 0.2) is 0 Å². The van der Waals surface area contributed by atoms with E-state index in [4.69, 9.17) is 10.5 Å². The number of ether oxygens (including phenoxy) is 1. The van der Waals surface area contributed by atoms with Crippen LogP contribution in [0.4, 0.5) is 17.3 Å². The number of benzene rings is 1. The minimum Gasteiger partial charge on any atom is -0.462 e. The van der Waals surface area contributed by atoms with Crippen molar-refractivity contribution in [1.82, 2.24) is 9.97 Å². The number of nitrogens with two attached hydrogens (primary N) is 1. The number of rotatable bonds is 5. The van der Waals surface area contributed by atoms with Crippen molar-refractivity contribution in [3.05, 3.63) is 41.7 Å². The highest BCUT2D eigenvalue weighted by atomic mass is 16.5. The molecule has 0 saturated heterocycles. The number of para-hydroxylation sites is 1. The van der Waals surface area contributed by atoms with E-state index < -0.39 is 0 Å². The Morgan fingerprint density at radius 1 is 1.36 bits per heavy atom. The highest BCUT2D eigenvalue weighted by Gasteiger charge is 2.27. The fourth-order valence-corrected chi connectivity index (χ4v) is 2.19. The average molecular weight is 298 g/mol. The van der Waals surface area contributed by atoms with Crippen molar-refractivity contribution < 1.29 is 9.53 Å². The molecule has 1 aromatic heterocycles. The van der Waals surface area contributed by atoms with Crippen molar-refractivity contribution in [2.45, 2.75) is 25.7 Å². The average Bonchev–Trinajstić information content (AvgIpc) is 3.32. The first-order valence-corrected chi connectivity index (χ1v) is 7.35. The number of aromatic nitrogens is 2. The normalized spacial score (nSPS) is 13.7. The Morgan fingerprint density at radius 2 is 2.14 bits per heavy atom. The second-order valence-corrected chi connectivity index (χ2v) is 5.20. The summed E-state index contributed by atoms with van der Waals surface area (Å²) in [5, 5.41) is 3.14. The summed E-state index contributed by atoms with van der Waals surface area (Å²) in [5.41, 5.74) is 6.95. The maximum absolute atomic E-state index is 12.0. The molecule has 3 rings (SSSR count). The molecule has 0 aliphatic heterocycles. The molecule has 0 spiro atoms. The standard InChI is InChI=1S/C16H18N4O2/c1-2-22-16(21)11-5-3-4-6-12(11)18-14-9-13(17)19-15(20-14)10-7-8-10/h3-6,9-10H,2,7-8H2,1H3,(H3,17,18,19,20). The third-order valence-corrected chi connectivity index (χ3v) is 3.39. The van der Waals surface area contributed by atoms with E-state index in [9.17, 15) is 4.79 Å². The summed E-state index contributed by atoms with van der Waals surface area (Å²) in [4.78, 5) is 20.7. The fourth-order valence-electron chi connectivity index (χ4n) is 2.19. The lowest BCUT2D eigenvalue weighted by Crippen LogP contribution is -2.09. The van der Waals surface area contributed by atoms with Crippen LogP contribution in [0.5, 0.6) is 0 Å². The molecule has 1 fully saturated rings. The van der Waals surface area contributed by atoms with Gasteiger partial charge in [-0.05, 0) is 31.9 Å². The molecule has 0 radical (unpaired) electrons. The fraction of sp³-hybridized carbons (Fsp3) is 0.312. The Morgan fingerprint density at radius 3 is 2.86 bits per heavy atom. The number of anilines is 3. The predicted molar refractivity (Wildman–Crippen MR) is 84.1 cm³/mol. The van der Waals surface area contributed by atoms with Gasteiger partial charge in [-0.25, -0.2) is 14.8 Å². The van der Waals surface area contributed by atoms with E-state index in [1.165, 1.54) is 0 Å². The van der Waals surface area contributed by atoms with Crippen LogP contribution in [0.3, 0.4) is 0 Å². The zero-order valence-electron chi connectivity index (χ0n) is 12.4. The van der Waals surface area contributed by atoms with Gasteiger partial charge in [0.05, 0.1) is 17.9 Å². The molecule has 0 atom stereocenters. The number of nitrogens with zero attached hydrogens (tertiary/aromatic N) is 2. The quantitative estimate of drug-likeness (QED) is 0.825. The minimum absolute atomic E-state index is 0.333. The summed E-state index contributed by atoms with van der Waals surface area (Å²) < 4.78 is 5.07. The number of hydrogen-bond acceptors (Lipinski definition) is 6. The molecule has 1 aromatic carbocycles. The van der Waals surface area contributed by atoms with Crippen molar-refractivity contribution in [3.8, 4) is 0 Å². The number of esters is 1. The van der Waals surface area contributed by atoms with Gasteiger partial charge in [-0.2, -0.15) is 0 Å². The van der Waals surface area contributed by atoms with Crippen LogP contribution in [0, 0.1) is 0 Å². The van der Waals surface area contributed by atoms with Crippen molar-refractivity contribution in [3.63, 3.8) is 0 Å². The lowest BCUT2D eigenvalue weighted by atomic mass is 10.2. The van der Waals surface area contributed by atoms with Gasteiger partial charge in [-0.15, -0.1) is 0 Å². The molecule has 6 nitrogen and oxygen atoms in total. The van der Waals surface area contributed by atoms with Gasteiger partial charge in [-0.3, -0.25) is 0 Å². The maximum Gasteiger partial charge on any atom is 0.340 e. The predicted octanol–water partition coefficient (Wildman–Crippen LogP) is 2.86. The van der Waals surface area contributed by atoms with Crippen molar-refractivity contribution in [2.75, 3.05) is 17.7 Å². The van der Waals surface area contributed by atoms with Crippen LogP contribution in [0.2, 0.25) is 0 Å². The largest absolute Gasteiger partial charge is 0.462 e. The molecule has 3 N–H and O–H groups in total. The first-order valence-electron chi connectivity index (χ1n) is 7.35. The molecule has 1 saturated carbocycles. The van der Waals surface area contributed by atoms with E-state index in [2.05, 4.69) is 15.3 Å². The molecule has 22 heavy (non-hydrogen) atoms. The molecule has 1 aliphatic rings. The summed E-state index contributed by atoms with van der Waals surface area (Å²) >= 11 is 0. The highest BCUT2D eigenvalue weighted by Crippen LogP contribution is 2.38. The summed E-state index contributed by atoms with van der Waals surface area (Å²) in [7, 11) is 0. The van der Waals surface area contributed by atoms with E-state index >= 15 is 0 Å². The molecular weight excluding hydrogens is 280 g/mol. The number of nitrogen functional groups attached to an aromatic ring is 1. The van der Waals surface area contributed by atoms with E-state index in [0.717, 1.165) is 18.7 Å². The van der Waals surface area contributed by atoms with Gasteiger partial charge in [0, 0.05) is 12.0 Å². The van der Waals surface area contributed by atoms with E-state index in [1.54, 1.807) is 31.2 Å². The van der Waals surface area contributed by atoms with Gasteiger partial charge >= 0.3 is 5.97 Å². The molecular formula is C16H18N4O2. The molecule has 0 unspecified atom stereocenters. The smallest absolute Gasteiger partial charge is 0.340 e. The van der Waals surface area contributed by atoms with Crippen LogP contribution in [-0.4, -0.2) is 22.5 Å². The van der Waals surface area contributed by atoms with Crippen LogP contribution in [0.1, 0.15) is 41.9 Å². The molecule has 1 heterocycles. The number of carbonyl (C=O) groups excluding carboxylic acids is 1. The summed E-state index contributed by atoms with van der Waals surface area (Å²) in [6.45, 7) is 2.11. The Bertz CT molecular complexity index is 698. The maximum atomic E-state index is 12.0. The molecule has 6 heteroatoms. The number of hydrogen-bond donors (Lipinski definition) is 2. The van der Waals surface area contributed by atoms with E-state index in [1.807, 2.05) is 6.07 Å². The van der Waals surface area contributed by atoms with Gasteiger partial charge in [0.2, 0.25) is 0 Å². The first-order chi connectivity index (χ1) is 10.7. The summed E-state index contributed by atoms with van der Waals surface area (Å²) in [6, 6.07) is 8.82. The number of nitrogens with one attached hydrogen (secondary N) is 1. The van der Waals surface area contributed by atoms with Gasteiger partial charge in [0.1, 0.15) is 17.5 Å². The highest BCUT2D eigenvalue weighted by molar-refractivity contribution is 5.96. The van der Waals surface area contributed by atoms with Crippen LogP contribution >= 0.6 is 0 Å². The zero-order valence-corrected chi connectivity index (χ0v) is 12.4. The van der Waals surface area contributed by atoms with E-state index in [-0.39, 0.29) is 5.97 Å². The minimum atomic E-state index is -0.366. The van der Waals surface area contributed by atoms with Gasteiger partial charge in [-0.1, -0.05) is 12.1 Å². The van der Waals surface area contributed by atoms with Crippen LogP contribution in [-0.2, 0) is 4.74 Å². The second-order valence-electron chi connectivity index (χ2n) is 5.20. The lowest BCUT2D eigenvalue weighted by Gasteiger charge is -2.11. The summed E-state index contributed by atoms with van der Waals surface area (Å²) in [6.07, 6.45) is 2.20. The Balaban J connectivity index is 1.88. The third kappa shape index (κ3) is 3.16. The molecule has 0 bridgehead atoms. The van der Waals surface area contributed by atoms with E-state index in [0.29, 0.717) is 35.4 Å². The second kappa shape index (κ2) is 6.01. The Labute approximate surface area is 128 Å². The molecule has 0 amide bonds. The lowest BCUT2D eigenvalue weighted by molar-refractivity contribution is 0.0527. The Hall–Kier alpha value is -2.63. The monoisotopic (exact) mass is 298 g/mol. The number of carbonyl (C=O) groups is 1. The zero-order chi connectivity index (χ0) is 15.5. The molecule has 114 valence electrons. The van der Waals surface area contributed by atoms with Gasteiger partial charge < -0.3 is 15.8 Å². The van der Waals surface area contributed by atoms with Gasteiger partial charge in [0.25, 0.3) is 0 Å². The topological polar surface area (TPSA) is 90.1 Å². The van der Waals surface area contributed by atoms with Crippen molar-refractivity contribution in [1.29, 1.82) is 0 Å². The van der Waals surface area contributed by atoms with Crippen molar-refractivity contribution >= 4 is 23.3 Å². The van der Waals surface area contributed by atoms with Crippen molar-refractivity contribution in [2.24, 2.45) is 0 Å². The SMILES string of the molecule is CCOC(=O)c1ccccc1Nc1cc(N)nc(C2CC2)n1. The van der Waals surface area contributed by atoms with Crippen LogP contribution in [0.25, 0.3) is 0 Å². The Kier molecular flexibility index (Phi) is 3.91. The van der Waals surface area contributed by atoms with Crippen LogP contribution < -0.4 is 11.1 Å².